The molecule has 0 unspecified atom stereocenters. The maximum atomic E-state index is 12.1. The maximum Gasteiger partial charge on any atom is 0.253 e. The van der Waals surface area contributed by atoms with Gasteiger partial charge in [-0.05, 0) is 43.5 Å². The molecule has 0 aliphatic rings. The summed E-state index contributed by atoms with van der Waals surface area (Å²) in [7, 11) is 3.52. The van der Waals surface area contributed by atoms with Crippen LogP contribution in [0.5, 0.6) is 5.88 Å². The van der Waals surface area contributed by atoms with Gasteiger partial charge in [0.05, 0.1) is 13.2 Å². The minimum atomic E-state index is 0. The highest BCUT2D eigenvalue weighted by Gasteiger charge is 2.08. The molecule has 31 heavy (non-hydrogen) atoms. The third-order valence-electron chi connectivity index (χ3n) is 4.33. The van der Waals surface area contributed by atoms with Gasteiger partial charge in [-0.25, -0.2) is 9.98 Å². The van der Waals surface area contributed by atoms with Crippen LogP contribution < -0.4 is 15.4 Å². The Morgan fingerprint density at radius 3 is 2.68 bits per heavy atom. The Labute approximate surface area is 202 Å². The van der Waals surface area contributed by atoms with E-state index in [1.807, 2.05) is 43.3 Å². The van der Waals surface area contributed by atoms with E-state index < -0.39 is 0 Å². The molecule has 1 aromatic heterocycles. The zero-order chi connectivity index (χ0) is 21.8. The van der Waals surface area contributed by atoms with Crippen LogP contribution in [0.25, 0.3) is 0 Å². The van der Waals surface area contributed by atoms with Crippen LogP contribution >= 0.6 is 24.0 Å². The molecule has 0 spiro atoms. The van der Waals surface area contributed by atoms with Crippen LogP contribution in [0.2, 0.25) is 0 Å². The molecule has 0 fully saturated rings. The number of nitrogens with one attached hydrogen (secondary N) is 2. The number of ether oxygens (including phenoxy) is 1. The number of pyridine rings is 1. The second-order valence-electron chi connectivity index (χ2n) is 7.09. The normalized spacial score (nSPS) is 10.8. The molecule has 0 atom stereocenters. The second kappa shape index (κ2) is 14.6. The van der Waals surface area contributed by atoms with Crippen LogP contribution in [-0.2, 0) is 13.0 Å². The van der Waals surface area contributed by atoms with Gasteiger partial charge in [-0.15, -0.1) is 24.0 Å². The van der Waals surface area contributed by atoms with Crippen molar-refractivity contribution in [1.29, 1.82) is 0 Å². The summed E-state index contributed by atoms with van der Waals surface area (Å²) in [6, 6.07) is 11.6. The highest BCUT2D eigenvalue weighted by atomic mass is 127. The SMILES string of the molecule is CCCOc1ncccc1CN=C(NCC)NCCc1cccc(C(=O)N(C)C)c1.I. The average Bonchev–Trinajstić information content (AvgIpc) is 2.76. The first-order valence-electron chi connectivity index (χ1n) is 10.4. The van der Waals surface area contributed by atoms with Crippen LogP contribution in [0.3, 0.4) is 0 Å². The number of hydrogen-bond donors (Lipinski definition) is 2. The first kappa shape index (κ1) is 26.7. The molecular formula is C23H34IN5O2. The van der Waals surface area contributed by atoms with Crippen molar-refractivity contribution in [2.75, 3.05) is 33.8 Å². The van der Waals surface area contributed by atoms with Crippen LogP contribution in [0, 0.1) is 0 Å². The molecule has 1 amide bonds. The lowest BCUT2D eigenvalue weighted by Gasteiger charge is -2.13. The van der Waals surface area contributed by atoms with E-state index in [4.69, 9.17) is 4.74 Å². The van der Waals surface area contributed by atoms with Crippen molar-refractivity contribution >= 4 is 35.8 Å². The zero-order valence-electron chi connectivity index (χ0n) is 18.9. The van der Waals surface area contributed by atoms with E-state index >= 15 is 0 Å². The third-order valence-corrected chi connectivity index (χ3v) is 4.33. The summed E-state index contributed by atoms with van der Waals surface area (Å²) < 4.78 is 5.71. The largest absolute Gasteiger partial charge is 0.477 e. The van der Waals surface area contributed by atoms with Crippen LogP contribution in [-0.4, -0.2) is 55.5 Å². The van der Waals surface area contributed by atoms with Gasteiger partial charge in [0.1, 0.15) is 0 Å². The molecule has 0 aliphatic carbocycles. The number of halogens is 1. The van der Waals surface area contributed by atoms with Gasteiger partial charge < -0.3 is 20.3 Å². The fourth-order valence-electron chi connectivity index (χ4n) is 2.82. The van der Waals surface area contributed by atoms with Gasteiger partial charge in [-0.3, -0.25) is 4.79 Å². The predicted octanol–water partition coefficient (Wildman–Crippen LogP) is 3.49. The van der Waals surface area contributed by atoms with Gasteiger partial charge in [-0.1, -0.05) is 25.1 Å². The minimum absolute atomic E-state index is 0. The van der Waals surface area contributed by atoms with Crippen molar-refractivity contribution in [3.05, 3.63) is 59.3 Å². The summed E-state index contributed by atoms with van der Waals surface area (Å²) in [4.78, 5) is 22.7. The number of aliphatic imine (C=N–C) groups is 1. The Bertz CT molecular complexity index is 842. The van der Waals surface area contributed by atoms with Gasteiger partial charge in [0.25, 0.3) is 5.91 Å². The minimum Gasteiger partial charge on any atom is -0.477 e. The molecule has 7 nitrogen and oxygen atoms in total. The fourth-order valence-corrected chi connectivity index (χ4v) is 2.82. The van der Waals surface area contributed by atoms with E-state index in [-0.39, 0.29) is 29.9 Å². The highest BCUT2D eigenvalue weighted by molar-refractivity contribution is 14.0. The third kappa shape index (κ3) is 9.12. The topological polar surface area (TPSA) is 78.9 Å². The number of hydrogen-bond acceptors (Lipinski definition) is 4. The van der Waals surface area contributed by atoms with Crippen molar-refractivity contribution in [1.82, 2.24) is 20.5 Å². The molecule has 2 N–H and O–H groups in total. The Morgan fingerprint density at radius 1 is 1.16 bits per heavy atom. The Morgan fingerprint density at radius 2 is 1.97 bits per heavy atom. The number of carbonyl (C=O) groups is 1. The number of amides is 1. The Balaban J connectivity index is 0.00000480. The molecule has 1 heterocycles. The van der Waals surface area contributed by atoms with Crippen molar-refractivity contribution in [3.63, 3.8) is 0 Å². The lowest BCUT2D eigenvalue weighted by molar-refractivity contribution is 0.0827. The van der Waals surface area contributed by atoms with E-state index in [1.165, 1.54) is 0 Å². The van der Waals surface area contributed by atoms with E-state index in [9.17, 15) is 4.79 Å². The lowest BCUT2D eigenvalue weighted by atomic mass is 10.1. The number of nitrogens with zero attached hydrogens (tertiary/aromatic N) is 3. The smallest absolute Gasteiger partial charge is 0.253 e. The van der Waals surface area contributed by atoms with Crippen LogP contribution in [0.15, 0.2) is 47.6 Å². The van der Waals surface area contributed by atoms with Gasteiger partial charge in [0.2, 0.25) is 5.88 Å². The molecule has 0 bridgehead atoms. The lowest BCUT2D eigenvalue weighted by Crippen LogP contribution is -2.38. The Hall–Kier alpha value is -2.36. The predicted molar refractivity (Wildman–Crippen MR) is 136 cm³/mol. The van der Waals surface area contributed by atoms with E-state index in [0.717, 1.165) is 36.5 Å². The van der Waals surface area contributed by atoms with E-state index in [2.05, 4.69) is 27.5 Å². The van der Waals surface area contributed by atoms with Gasteiger partial charge in [0.15, 0.2) is 5.96 Å². The number of rotatable bonds is 10. The molecule has 0 saturated carbocycles. The van der Waals surface area contributed by atoms with Crippen LogP contribution in [0.4, 0.5) is 0 Å². The van der Waals surface area contributed by atoms with Crippen molar-refractivity contribution in [3.8, 4) is 5.88 Å². The number of benzene rings is 1. The molecular weight excluding hydrogens is 505 g/mol. The van der Waals surface area contributed by atoms with Gasteiger partial charge in [0, 0.05) is 44.5 Å². The number of carbonyl (C=O) groups excluding carboxylic acids is 1. The van der Waals surface area contributed by atoms with Crippen molar-refractivity contribution < 1.29 is 9.53 Å². The first-order valence-corrected chi connectivity index (χ1v) is 10.4. The molecule has 2 rings (SSSR count). The zero-order valence-corrected chi connectivity index (χ0v) is 21.2. The molecule has 170 valence electrons. The van der Waals surface area contributed by atoms with Crippen molar-refractivity contribution in [2.45, 2.75) is 33.2 Å². The number of aromatic nitrogens is 1. The van der Waals surface area contributed by atoms with E-state index in [1.54, 1.807) is 25.2 Å². The molecule has 2 aromatic rings. The molecule has 0 saturated heterocycles. The summed E-state index contributed by atoms with van der Waals surface area (Å²) in [5.74, 6) is 1.39. The van der Waals surface area contributed by atoms with Gasteiger partial charge >= 0.3 is 0 Å². The standard InChI is InChI=1S/C23H33N5O2.HI/c1-5-15-30-21-20(11-8-13-25-21)17-27-23(24-6-2)26-14-12-18-9-7-10-19(16-18)22(29)28(3)4;/h7-11,13,16H,5-6,12,14-15,17H2,1-4H3,(H2,24,26,27);1H. The Kier molecular flexibility index (Phi) is 12.6. The molecule has 0 aliphatic heterocycles. The number of guanidine groups is 1. The second-order valence-corrected chi connectivity index (χ2v) is 7.09. The summed E-state index contributed by atoms with van der Waals surface area (Å²) >= 11 is 0. The van der Waals surface area contributed by atoms with Crippen LogP contribution in [0.1, 0.15) is 41.8 Å². The fraction of sp³-hybridized carbons (Fsp3) is 0.435. The van der Waals surface area contributed by atoms with E-state index in [0.29, 0.717) is 31.1 Å². The summed E-state index contributed by atoms with van der Waals surface area (Å²) in [5, 5.41) is 6.62. The summed E-state index contributed by atoms with van der Waals surface area (Å²) in [5.41, 5.74) is 2.76. The quantitative estimate of drug-likeness (QED) is 0.275. The summed E-state index contributed by atoms with van der Waals surface area (Å²) in [6.07, 6.45) is 3.46. The monoisotopic (exact) mass is 539 g/mol. The molecule has 1 aromatic carbocycles. The summed E-state index contributed by atoms with van der Waals surface area (Å²) in [6.45, 7) is 6.70. The highest BCUT2D eigenvalue weighted by Crippen LogP contribution is 2.15. The molecule has 8 heteroatoms. The average molecular weight is 539 g/mol. The maximum absolute atomic E-state index is 12.1. The van der Waals surface area contributed by atoms with Gasteiger partial charge in [-0.2, -0.15) is 0 Å². The molecule has 0 radical (unpaired) electrons. The van der Waals surface area contributed by atoms with Crippen molar-refractivity contribution in [2.24, 2.45) is 4.99 Å². The first-order chi connectivity index (χ1) is 14.5.